The summed E-state index contributed by atoms with van der Waals surface area (Å²) in [5.41, 5.74) is 0.791. The second-order valence-corrected chi connectivity index (χ2v) is 10.5. The van der Waals surface area contributed by atoms with E-state index in [-0.39, 0.29) is 30.9 Å². The van der Waals surface area contributed by atoms with Gasteiger partial charge in [-0.25, -0.2) is 4.79 Å². The maximum atomic E-state index is 12.9. The number of halogens is 3. The van der Waals surface area contributed by atoms with Crippen molar-refractivity contribution in [2.45, 2.75) is 19.0 Å². The number of carbonyl (C=O) groups excluding carboxylic acids is 2. The Morgan fingerprint density at radius 3 is 2.54 bits per heavy atom. The van der Waals surface area contributed by atoms with E-state index in [1.807, 2.05) is 48.5 Å². The Morgan fingerprint density at radius 2 is 1.81 bits per heavy atom. The van der Waals surface area contributed by atoms with Gasteiger partial charge in [0, 0.05) is 40.1 Å². The second-order valence-electron chi connectivity index (χ2n) is 8.67. The Hall–Kier alpha value is -2.94. The Bertz CT molecular complexity index is 1240. The molecule has 10 heteroatoms. The quantitative estimate of drug-likeness (QED) is 0.307. The summed E-state index contributed by atoms with van der Waals surface area (Å²) < 4.78 is 12.6. The van der Waals surface area contributed by atoms with Crippen LogP contribution in [0.2, 0.25) is 10.0 Å². The van der Waals surface area contributed by atoms with Gasteiger partial charge in [0.1, 0.15) is 23.9 Å². The highest BCUT2D eigenvalue weighted by molar-refractivity contribution is 9.10. The van der Waals surface area contributed by atoms with Crippen LogP contribution in [0.4, 0.5) is 4.79 Å². The van der Waals surface area contributed by atoms with Crippen molar-refractivity contribution in [3.63, 3.8) is 0 Å². The van der Waals surface area contributed by atoms with Crippen molar-refractivity contribution in [1.29, 1.82) is 0 Å². The molecule has 37 heavy (non-hydrogen) atoms. The van der Waals surface area contributed by atoms with Crippen molar-refractivity contribution in [2.75, 3.05) is 26.7 Å². The molecule has 1 atom stereocenters. The lowest BCUT2D eigenvalue weighted by Gasteiger charge is -2.22. The normalized spacial score (nSPS) is 15.0. The molecule has 1 heterocycles. The number of ether oxygens (including phenoxy) is 2. The topological polar surface area (TPSA) is 71.1 Å². The molecule has 1 fully saturated rings. The number of amides is 3. The first-order chi connectivity index (χ1) is 17.8. The number of likely N-dealkylation sites (tertiary alicyclic amines) is 1. The predicted molar refractivity (Wildman–Crippen MR) is 148 cm³/mol. The smallest absolute Gasteiger partial charge is 0.317 e. The molecule has 3 aromatic rings. The summed E-state index contributed by atoms with van der Waals surface area (Å²) in [6, 6.07) is 19.4. The predicted octanol–water partition coefficient (Wildman–Crippen LogP) is 6.37. The largest absolute Gasteiger partial charge is 0.492 e. The lowest BCUT2D eigenvalue weighted by Crippen LogP contribution is -2.44. The zero-order valence-corrected chi connectivity index (χ0v) is 23.2. The third kappa shape index (κ3) is 7.77. The molecule has 1 unspecified atom stereocenters. The average molecular weight is 607 g/mol. The summed E-state index contributed by atoms with van der Waals surface area (Å²) in [6.45, 7) is 1.58. The summed E-state index contributed by atoms with van der Waals surface area (Å²) in [7, 11) is 1.69. The lowest BCUT2D eigenvalue weighted by molar-refractivity contribution is -0.128. The third-order valence-electron chi connectivity index (χ3n) is 5.76. The van der Waals surface area contributed by atoms with Crippen LogP contribution in [0.3, 0.4) is 0 Å². The number of carbonyl (C=O) groups is 2. The molecule has 3 aromatic carbocycles. The zero-order chi connectivity index (χ0) is 26.4. The van der Waals surface area contributed by atoms with Gasteiger partial charge in [0.2, 0.25) is 5.91 Å². The number of hydrogen-bond donors (Lipinski definition) is 1. The molecule has 0 bridgehead atoms. The SMILES string of the molecule is CN(Cc1ccc(Br)cc1Oc1cc(Cl)cc(Cl)c1)C(=O)NC1CC(=O)N(CCOc2ccccc2)C1. The molecule has 1 aliphatic heterocycles. The number of para-hydroxylation sites is 1. The highest BCUT2D eigenvalue weighted by Gasteiger charge is 2.31. The Morgan fingerprint density at radius 1 is 1.08 bits per heavy atom. The average Bonchev–Trinajstić information content (AvgIpc) is 3.19. The fourth-order valence-corrected chi connectivity index (χ4v) is 4.80. The second kappa shape index (κ2) is 12.5. The highest BCUT2D eigenvalue weighted by Crippen LogP contribution is 2.32. The van der Waals surface area contributed by atoms with Crippen LogP contribution >= 0.6 is 39.1 Å². The Kier molecular flexibility index (Phi) is 9.18. The molecular weight excluding hydrogens is 581 g/mol. The van der Waals surface area contributed by atoms with Gasteiger partial charge in [-0.2, -0.15) is 0 Å². The van der Waals surface area contributed by atoms with Crippen LogP contribution in [0.1, 0.15) is 12.0 Å². The molecule has 0 spiro atoms. The van der Waals surface area contributed by atoms with Crippen LogP contribution < -0.4 is 14.8 Å². The summed E-state index contributed by atoms with van der Waals surface area (Å²) in [5.74, 6) is 1.81. The van der Waals surface area contributed by atoms with Gasteiger partial charge in [-0.15, -0.1) is 0 Å². The van der Waals surface area contributed by atoms with Gasteiger partial charge >= 0.3 is 6.03 Å². The van der Waals surface area contributed by atoms with Crippen molar-refractivity contribution in [1.82, 2.24) is 15.1 Å². The van der Waals surface area contributed by atoms with E-state index in [1.165, 1.54) is 0 Å². The molecule has 7 nitrogen and oxygen atoms in total. The molecule has 0 saturated carbocycles. The Labute approximate surface area is 234 Å². The van der Waals surface area contributed by atoms with Crippen LogP contribution in [0.5, 0.6) is 17.2 Å². The van der Waals surface area contributed by atoms with E-state index in [0.717, 1.165) is 15.8 Å². The van der Waals surface area contributed by atoms with Gasteiger partial charge in [-0.05, 0) is 42.5 Å². The lowest BCUT2D eigenvalue weighted by atomic mass is 10.2. The number of benzene rings is 3. The van der Waals surface area contributed by atoms with Crippen LogP contribution in [0.25, 0.3) is 0 Å². The van der Waals surface area contributed by atoms with Crippen LogP contribution in [-0.4, -0.2) is 54.5 Å². The fraction of sp³-hybridized carbons (Fsp3) is 0.259. The third-order valence-corrected chi connectivity index (χ3v) is 6.69. The standard InChI is InChI=1S/C27H26BrCl2N3O4/c1-32(16-18-7-8-19(28)11-25(18)37-24-13-20(29)12-21(30)14-24)27(35)31-22-15-26(34)33(17-22)9-10-36-23-5-3-2-4-6-23/h2-8,11-14,22H,9-10,15-17H2,1H3,(H,31,35). The monoisotopic (exact) mass is 605 g/mol. The maximum absolute atomic E-state index is 12.9. The maximum Gasteiger partial charge on any atom is 0.317 e. The van der Waals surface area contributed by atoms with E-state index in [0.29, 0.717) is 41.2 Å². The number of nitrogens with one attached hydrogen (secondary N) is 1. The summed E-state index contributed by atoms with van der Waals surface area (Å²) in [4.78, 5) is 28.6. The van der Waals surface area contributed by atoms with E-state index in [1.54, 1.807) is 35.0 Å². The molecule has 3 amide bonds. The molecule has 1 aliphatic rings. The van der Waals surface area contributed by atoms with E-state index in [9.17, 15) is 9.59 Å². The summed E-state index contributed by atoms with van der Waals surface area (Å²) >= 11 is 15.7. The van der Waals surface area contributed by atoms with Crippen LogP contribution in [0.15, 0.2) is 71.2 Å². The first kappa shape index (κ1) is 27.1. The number of urea groups is 1. The molecule has 0 radical (unpaired) electrons. The molecule has 1 N–H and O–H groups in total. The molecule has 4 rings (SSSR count). The Balaban J connectivity index is 1.31. The minimum absolute atomic E-state index is 0.00612. The van der Waals surface area contributed by atoms with E-state index in [4.69, 9.17) is 32.7 Å². The fourth-order valence-electron chi connectivity index (χ4n) is 3.96. The summed E-state index contributed by atoms with van der Waals surface area (Å²) in [5, 5.41) is 3.88. The first-order valence-corrected chi connectivity index (χ1v) is 13.2. The molecular formula is C27H26BrCl2N3O4. The van der Waals surface area contributed by atoms with Gasteiger partial charge in [-0.1, -0.05) is 63.4 Å². The molecule has 0 aliphatic carbocycles. The van der Waals surface area contributed by atoms with Crippen molar-refractivity contribution < 1.29 is 19.1 Å². The van der Waals surface area contributed by atoms with Crippen molar-refractivity contribution in [3.05, 3.63) is 86.8 Å². The number of nitrogens with zero attached hydrogens (tertiary/aromatic N) is 2. The first-order valence-electron chi connectivity index (χ1n) is 11.7. The molecule has 194 valence electrons. The van der Waals surface area contributed by atoms with Gasteiger partial charge in [0.05, 0.1) is 19.1 Å². The minimum Gasteiger partial charge on any atom is -0.492 e. The van der Waals surface area contributed by atoms with Gasteiger partial charge in [-0.3, -0.25) is 4.79 Å². The van der Waals surface area contributed by atoms with Gasteiger partial charge in [0.25, 0.3) is 0 Å². The van der Waals surface area contributed by atoms with Gasteiger partial charge in [0.15, 0.2) is 0 Å². The number of hydrogen-bond acceptors (Lipinski definition) is 4. The molecule has 1 saturated heterocycles. The van der Waals surface area contributed by atoms with Crippen molar-refractivity contribution in [3.8, 4) is 17.2 Å². The zero-order valence-electron chi connectivity index (χ0n) is 20.1. The molecule has 0 aromatic heterocycles. The van der Waals surface area contributed by atoms with Crippen LogP contribution in [-0.2, 0) is 11.3 Å². The van der Waals surface area contributed by atoms with Crippen molar-refractivity contribution in [2.24, 2.45) is 0 Å². The van der Waals surface area contributed by atoms with Crippen molar-refractivity contribution >= 4 is 51.1 Å². The van der Waals surface area contributed by atoms with E-state index in [2.05, 4.69) is 21.2 Å². The highest BCUT2D eigenvalue weighted by atomic mass is 79.9. The van der Waals surface area contributed by atoms with Crippen LogP contribution in [0, 0.1) is 0 Å². The van der Waals surface area contributed by atoms with E-state index >= 15 is 0 Å². The van der Waals surface area contributed by atoms with Gasteiger partial charge < -0.3 is 24.6 Å². The number of rotatable bonds is 9. The summed E-state index contributed by atoms with van der Waals surface area (Å²) in [6.07, 6.45) is 0.257. The minimum atomic E-state index is -0.278. The van der Waals surface area contributed by atoms with E-state index < -0.39 is 0 Å².